The first kappa shape index (κ1) is 25.1. The molecule has 13 heteroatoms. The molecule has 0 saturated carbocycles. The van der Waals surface area contributed by atoms with E-state index in [-0.39, 0.29) is 6.42 Å². The Labute approximate surface area is 178 Å². The Kier molecular flexibility index (Phi) is 8.24. The van der Waals surface area contributed by atoms with Gasteiger partial charge in [0.15, 0.2) is 18.9 Å². The third-order valence-electron chi connectivity index (χ3n) is 5.90. The minimum Gasteiger partial charge on any atom is -0.394 e. The van der Waals surface area contributed by atoms with Gasteiger partial charge in [-0.25, -0.2) is 0 Å². The van der Waals surface area contributed by atoms with Gasteiger partial charge in [-0.05, 0) is 13.8 Å². The summed E-state index contributed by atoms with van der Waals surface area (Å²) in [7, 11) is 0. The molecule has 0 amide bonds. The van der Waals surface area contributed by atoms with Crippen molar-refractivity contribution in [3.8, 4) is 0 Å². The molecule has 3 aliphatic heterocycles. The first-order valence-electron chi connectivity index (χ1n) is 10.2. The van der Waals surface area contributed by atoms with E-state index in [0.29, 0.717) is 0 Å². The van der Waals surface area contributed by atoms with Crippen molar-refractivity contribution in [3.05, 3.63) is 0 Å². The maximum atomic E-state index is 10.6. The summed E-state index contributed by atoms with van der Waals surface area (Å²) < 4.78 is 27.2. The molecule has 0 aromatic carbocycles. The van der Waals surface area contributed by atoms with Crippen LogP contribution in [0.1, 0.15) is 20.3 Å². The van der Waals surface area contributed by atoms with Gasteiger partial charge in [-0.2, -0.15) is 0 Å². The summed E-state index contributed by atoms with van der Waals surface area (Å²) in [4.78, 5) is 0. The molecule has 14 atom stereocenters. The van der Waals surface area contributed by atoms with Crippen molar-refractivity contribution in [2.75, 3.05) is 6.61 Å². The molecule has 3 aliphatic rings. The van der Waals surface area contributed by atoms with Gasteiger partial charge in [-0.3, -0.25) is 0 Å². The zero-order valence-electron chi connectivity index (χ0n) is 17.1. The lowest BCUT2D eigenvalue weighted by atomic mass is 9.97. The average molecular weight is 456 g/mol. The highest BCUT2D eigenvalue weighted by atomic mass is 16.8. The van der Waals surface area contributed by atoms with Crippen LogP contribution < -0.4 is 0 Å². The number of aliphatic hydroxyl groups is 8. The van der Waals surface area contributed by atoms with E-state index in [1.165, 1.54) is 6.92 Å². The van der Waals surface area contributed by atoms with Crippen molar-refractivity contribution >= 4 is 0 Å². The zero-order chi connectivity index (χ0) is 23.0. The summed E-state index contributed by atoms with van der Waals surface area (Å²) in [6.07, 6.45) is -18.9. The van der Waals surface area contributed by atoms with Crippen LogP contribution in [0.25, 0.3) is 0 Å². The lowest BCUT2D eigenvalue weighted by molar-refractivity contribution is -0.381. The predicted molar refractivity (Wildman–Crippen MR) is 97.0 cm³/mol. The summed E-state index contributed by atoms with van der Waals surface area (Å²) in [5, 5.41) is 80.5. The third kappa shape index (κ3) is 5.19. The molecule has 3 saturated heterocycles. The fourth-order valence-electron chi connectivity index (χ4n) is 3.86. The molecule has 0 radical (unpaired) electrons. The maximum absolute atomic E-state index is 10.6. The van der Waals surface area contributed by atoms with Crippen molar-refractivity contribution in [2.24, 2.45) is 0 Å². The SMILES string of the molecule is C[C@H]1O[C@H](O[C@H]2[C@@H](O[C@H]3O[C@H](C)[C@H](O)C[C@H]3O)[C@H](O)[C@@H](CO)O[C@@H]2O)[C@H](O)[C@@H](O)[C@H]1O. The van der Waals surface area contributed by atoms with Gasteiger partial charge in [-0.1, -0.05) is 0 Å². The fraction of sp³-hybridized carbons (Fsp3) is 1.00. The van der Waals surface area contributed by atoms with Crippen molar-refractivity contribution in [2.45, 2.75) is 106 Å². The summed E-state index contributed by atoms with van der Waals surface area (Å²) in [5.41, 5.74) is 0. The topological polar surface area (TPSA) is 208 Å². The zero-order valence-corrected chi connectivity index (χ0v) is 17.1. The Morgan fingerprint density at radius 3 is 1.94 bits per heavy atom. The van der Waals surface area contributed by atoms with Gasteiger partial charge in [0.2, 0.25) is 0 Å². The van der Waals surface area contributed by atoms with Crippen LogP contribution in [-0.2, 0) is 23.7 Å². The van der Waals surface area contributed by atoms with Crippen molar-refractivity contribution in [1.29, 1.82) is 0 Å². The molecule has 3 rings (SSSR count). The molecule has 182 valence electrons. The second-order valence-electron chi connectivity index (χ2n) is 8.20. The van der Waals surface area contributed by atoms with Crippen LogP contribution in [0.15, 0.2) is 0 Å². The highest BCUT2D eigenvalue weighted by Gasteiger charge is 2.52. The Morgan fingerprint density at radius 2 is 1.29 bits per heavy atom. The highest BCUT2D eigenvalue weighted by molar-refractivity contribution is 4.94. The van der Waals surface area contributed by atoms with Crippen molar-refractivity contribution < 1.29 is 64.5 Å². The van der Waals surface area contributed by atoms with E-state index < -0.39 is 92.6 Å². The molecule has 0 unspecified atom stereocenters. The van der Waals surface area contributed by atoms with Crippen LogP contribution in [0.5, 0.6) is 0 Å². The van der Waals surface area contributed by atoms with Crippen LogP contribution in [0.3, 0.4) is 0 Å². The van der Waals surface area contributed by atoms with Gasteiger partial charge >= 0.3 is 0 Å². The van der Waals surface area contributed by atoms with Gasteiger partial charge in [0, 0.05) is 6.42 Å². The molecule has 3 fully saturated rings. The van der Waals surface area contributed by atoms with Crippen LogP contribution in [0.2, 0.25) is 0 Å². The number of ether oxygens (including phenoxy) is 5. The van der Waals surface area contributed by atoms with Gasteiger partial charge in [0.25, 0.3) is 0 Å². The van der Waals surface area contributed by atoms with E-state index in [2.05, 4.69) is 0 Å². The molecule has 13 nitrogen and oxygen atoms in total. The largest absolute Gasteiger partial charge is 0.394 e. The normalized spacial score (nSPS) is 54.0. The third-order valence-corrected chi connectivity index (χ3v) is 5.90. The van der Waals surface area contributed by atoms with Gasteiger partial charge in [-0.15, -0.1) is 0 Å². The first-order valence-corrected chi connectivity index (χ1v) is 10.2. The average Bonchev–Trinajstić information content (AvgIpc) is 2.72. The van der Waals surface area contributed by atoms with Crippen LogP contribution in [0.4, 0.5) is 0 Å². The van der Waals surface area contributed by atoms with E-state index in [0.717, 1.165) is 0 Å². The number of rotatable bonds is 5. The molecule has 31 heavy (non-hydrogen) atoms. The van der Waals surface area contributed by atoms with E-state index in [1.54, 1.807) is 6.92 Å². The molecular formula is C18H32O13. The summed E-state index contributed by atoms with van der Waals surface area (Å²) in [6.45, 7) is 2.33. The summed E-state index contributed by atoms with van der Waals surface area (Å²) in [5.74, 6) is 0. The quantitative estimate of drug-likeness (QED) is 0.196. The number of hydrogen-bond donors (Lipinski definition) is 8. The Balaban J connectivity index is 1.79. The second-order valence-corrected chi connectivity index (χ2v) is 8.20. The first-order chi connectivity index (χ1) is 14.5. The lowest BCUT2D eigenvalue weighted by Gasteiger charge is -2.47. The standard InChI is InChI=1S/C18H32O13/c1-5-7(20)3-8(21)17(27-5)30-14-11(23)9(4-19)29-16(26)15(14)31-18-13(25)12(24)10(22)6(2)28-18/h5-26H,3-4H2,1-2H3/t5-,6-,7-,8-,9-,10+,11-,12+,13-,14+,15+,16+,17-,18-/m1/s1. The summed E-state index contributed by atoms with van der Waals surface area (Å²) in [6, 6.07) is 0. The van der Waals surface area contributed by atoms with E-state index in [4.69, 9.17) is 23.7 Å². The molecule has 0 aliphatic carbocycles. The van der Waals surface area contributed by atoms with E-state index >= 15 is 0 Å². The van der Waals surface area contributed by atoms with Gasteiger partial charge in [0.1, 0.15) is 48.8 Å². The second kappa shape index (κ2) is 10.2. The van der Waals surface area contributed by atoms with Crippen LogP contribution in [0, 0.1) is 0 Å². The van der Waals surface area contributed by atoms with Crippen LogP contribution in [-0.4, -0.2) is 133 Å². The fourth-order valence-corrected chi connectivity index (χ4v) is 3.86. The smallest absolute Gasteiger partial charge is 0.187 e. The highest BCUT2D eigenvalue weighted by Crippen LogP contribution is 2.32. The molecule has 0 bridgehead atoms. The molecule has 0 aromatic rings. The Morgan fingerprint density at radius 1 is 0.677 bits per heavy atom. The predicted octanol–water partition coefficient (Wildman–Crippen LogP) is -4.49. The molecular weight excluding hydrogens is 424 g/mol. The van der Waals surface area contributed by atoms with E-state index in [1.807, 2.05) is 0 Å². The Hall–Kier alpha value is -0.520. The Bertz CT molecular complexity index is 581. The van der Waals surface area contributed by atoms with E-state index in [9.17, 15) is 40.9 Å². The van der Waals surface area contributed by atoms with Crippen molar-refractivity contribution in [3.63, 3.8) is 0 Å². The lowest BCUT2D eigenvalue weighted by Crippen LogP contribution is -2.65. The van der Waals surface area contributed by atoms with Gasteiger partial charge < -0.3 is 64.5 Å². The maximum Gasteiger partial charge on any atom is 0.187 e. The molecule has 3 heterocycles. The molecule has 0 spiro atoms. The minimum atomic E-state index is -1.76. The van der Waals surface area contributed by atoms with Crippen molar-refractivity contribution in [1.82, 2.24) is 0 Å². The number of aliphatic hydroxyl groups excluding tert-OH is 8. The monoisotopic (exact) mass is 456 g/mol. The van der Waals surface area contributed by atoms with Gasteiger partial charge in [0.05, 0.1) is 24.9 Å². The summed E-state index contributed by atoms with van der Waals surface area (Å²) >= 11 is 0. The number of hydrogen-bond acceptors (Lipinski definition) is 13. The minimum absolute atomic E-state index is 0.0608. The molecule has 0 aromatic heterocycles. The molecule has 8 N–H and O–H groups in total. The van der Waals surface area contributed by atoms with Crippen LogP contribution >= 0.6 is 0 Å².